The number of nitrogens with zero attached hydrogens (tertiary/aromatic N) is 2. The summed E-state index contributed by atoms with van der Waals surface area (Å²) in [6.45, 7) is 0.252. The van der Waals surface area contributed by atoms with Crippen LogP contribution in [0.1, 0.15) is 34.7 Å². The third-order valence-electron chi connectivity index (χ3n) is 4.59. The molecule has 2 amide bonds. The van der Waals surface area contributed by atoms with Gasteiger partial charge in [0.2, 0.25) is 17.6 Å². The largest absolute Gasteiger partial charge is 0.405 e. The minimum absolute atomic E-state index is 0.000618. The maximum absolute atomic E-state index is 13.0. The molecule has 33 heavy (non-hydrogen) atoms. The number of nitrogens with one attached hydrogen (secondary N) is 2. The molecule has 2 N–H and O–H groups in total. The first-order chi connectivity index (χ1) is 15.6. The molecule has 0 atom stereocenters. The van der Waals surface area contributed by atoms with Gasteiger partial charge in [0, 0.05) is 29.7 Å². The summed E-state index contributed by atoms with van der Waals surface area (Å²) in [5.74, 6) is -0.982. The Labute approximate surface area is 186 Å². The number of hydrogen-bond donors (Lipinski definition) is 2. The fourth-order valence-electron chi connectivity index (χ4n) is 2.87. The van der Waals surface area contributed by atoms with Crippen LogP contribution in [0.25, 0.3) is 11.4 Å². The molecule has 0 aliphatic heterocycles. The van der Waals surface area contributed by atoms with E-state index < -0.39 is 18.6 Å². The van der Waals surface area contributed by atoms with Crippen LogP contribution in [-0.4, -0.2) is 34.7 Å². The third kappa shape index (κ3) is 7.13. The summed E-state index contributed by atoms with van der Waals surface area (Å²) in [6, 6.07) is 9.86. The van der Waals surface area contributed by atoms with Crippen molar-refractivity contribution in [3.63, 3.8) is 0 Å². The monoisotopic (exact) mass is 464 g/mol. The van der Waals surface area contributed by atoms with E-state index >= 15 is 0 Å². The van der Waals surface area contributed by atoms with Crippen molar-refractivity contribution in [2.24, 2.45) is 0 Å². The predicted molar refractivity (Wildman–Crippen MR) is 111 cm³/mol. The Morgan fingerprint density at radius 3 is 2.52 bits per heavy atom. The molecule has 0 fully saturated rings. The summed E-state index contributed by atoms with van der Waals surface area (Å²) in [5, 5.41) is 8.28. The minimum Gasteiger partial charge on any atom is -0.343 e. The van der Waals surface area contributed by atoms with Gasteiger partial charge in [-0.3, -0.25) is 9.59 Å². The van der Waals surface area contributed by atoms with Gasteiger partial charge < -0.3 is 15.2 Å². The molecule has 7 nitrogen and oxygen atoms in total. The van der Waals surface area contributed by atoms with E-state index in [9.17, 15) is 27.2 Å². The lowest BCUT2D eigenvalue weighted by Gasteiger charge is -2.12. The molecule has 1 aromatic heterocycles. The van der Waals surface area contributed by atoms with E-state index in [0.717, 1.165) is 0 Å². The van der Waals surface area contributed by atoms with Crippen molar-refractivity contribution in [1.29, 1.82) is 0 Å². The topological polar surface area (TPSA) is 97.1 Å². The molecule has 0 bridgehead atoms. The Kier molecular flexibility index (Phi) is 7.41. The van der Waals surface area contributed by atoms with Crippen molar-refractivity contribution < 1.29 is 31.7 Å². The van der Waals surface area contributed by atoms with Crippen molar-refractivity contribution >= 4 is 17.5 Å². The Morgan fingerprint density at radius 2 is 1.82 bits per heavy atom. The van der Waals surface area contributed by atoms with Crippen molar-refractivity contribution in [2.45, 2.75) is 32.4 Å². The first-order valence-corrected chi connectivity index (χ1v) is 9.95. The zero-order chi connectivity index (χ0) is 24.0. The van der Waals surface area contributed by atoms with Crippen LogP contribution in [0.5, 0.6) is 0 Å². The number of aryl methyl sites for hydroxylation is 2. The van der Waals surface area contributed by atoms with Crippen LogP contribution in [0.3, 0.4) is 0 Å². The van der Waals surface area contributed by atoms with Gasteiger partial charge in [0.15, 0.2) is 0 Å². The number of alkyl halides is 3. The molecular formula is C22H20F4N4O3. The predicted octanol–water partition coefficient (Wildman–Crippen LogP) is 4.44. The van der Waals surface area contributed by atoms with Crippen molar-refractivity contribution in [3.8, 4) is 11.4 Å². The number of carbonyl (C=O) groups excluding carboxylic acids is 2. The van der Waals surface area contributed by atoms with E-state index in [2.05, 4.69) is 15.5 Å². The highest BCUT2D eigenvalue weighted by atomic mass is 19.4. The molecule has 0 radical (unpaired) electrons. The molecule has 0 saturated heterocycles. The minimum atomic E-state index is -4.52. The highest BCUT2D eigenvalue weighted by Gasteiger charge is 2.28. The molecule has 174 valence electrons. The van der Waals surface area contributed by atoms with Crippen LogP contribution in [0.15, 0.2) is 47.0 Å². The number of carbonyl (C=O) groups is 2. The van der Waals surface area contributed by atoms with Gasteiger partial charge in [-0.1, -0.05) is 11.2 Å². The Morgan fingerprint density at radius 1 is 1.09 bits per heavy atom. The number of hydrogen-bond acceptors (Lipinski definition) is 5. The van der Waals surface area contributed by atoms with Gasteiger partial charge in [-0.05, 0) is 55.3 Å². The number of halogens is 4. The molecule has 3 aromatic rings. The second kappa shape index (κ2) is 10.2. The maximum atomic E-state index is 13.0. The quantitative estimate of drug-likeness (QED) is 0.481. The van der Waals surface area contributed by atoms with E-state index in [-0.39, 0.29) is 23.7 Å². The SMILES string of the molecule is Cc1ccc(C(=O)NCC(F)(F)F)cc1NC(=O)CCCc1nc(-c2ccc(F)cc2)no1. The van der Waals surface area contributed by atoms with Gasteiger partial charge in [0.1, 0.15) is 12.4 Å². The smallest absolute Gasteiger partial charge is 0.343 e. The first kappa shape index (κ1) is 23.9. The van der Waals surface area contributed by atoms with Crippen LogP contribution in [0.4, 0.5) is 23.2 Å². The fraction of sp³-hybridized carbons (Fsp3) is 0.273. The maximum Gasteiger partial charge on any atom is 0.405 e. The highest BCUT2D eigenvalue weighted by Crippen LogP contribution is 2.20. The first-order valence-electron chi connectivity index (χ1n) is 9.95. The summed E-state index contributed by atoms with van der Waals surface area (Å²) in [4.78, 5) is 28.4. The number of aromatic nitrogens is 2. The van der Waals surface area contributed by atoms with Crippen LogP contribution in [-0.2, 0) is 11.2 Å². The van der Waals surface area contributed by atoms with Gasteiger partial charge in [0.25, 0.3) is 5.91 Å². The summed E-state index contributed by atoms with van der Waals surface area (Å²) in [7, 11) is 0. The highest BCUT2D eigenvalue weighted by molar-refractivity contribution is 5.97. The lowest BCUT2D eigenvalue weighted by Crippen LogP contribution is -2.33. The van der Waals surface area contributed by atoms with E-state index in [1.165, 1.54) is 42.5 Å². The molecule has 11 heteroatoms. The van der Waals surface area contributed by atoms with Crippen molar-refractivity contribution in [1.82, 2.24) is 15.5 Å². The molecule has 0 saturated carbocycles. The molecule has 0 aliphatic rings. The van der Waals surface area contributed by atoms with Gasteiger partial charge >= 0.3 is 6.18 Å². The van der Waals surface area contributed by atoms with E-state index in [1.807, 2.05) is 0 Å². The van der Waals surface area contributed by atoms with E-state index in [0.29, 0.717) is 41.4 Å². The molecule has 0 spiro atoms. The average Bonchev–Trinajstić information content (AvgIpc) is 3.22. The van der Waals surface area contributed by atoms with Gasteiger partial charge in [-0.15, -0.1) is 0 Å². The zero-order valence-electron chi connectivity index (χ0n) is 17.5. The fourth-order valence-corrected chi connectivity index (χ4v) is 2.87. The van der Waals surface area contributed by atoms with Crippen molar-refractivity contribution in [2.75, 3.05) is 11.9 Å². The molecule has 1 heterocycles. The number of anilines is 1. The lowest BCUT2D eigenvalue weighted by molar-refractivity contribution is -0.123. The molecule has 3 rings (SSSR count). The summed E-state index contributed by atoms with van der Waals surface area (Å²) in [5.41, 5.74) is 1.57. The van der Waals surface area contributed by atoms with Gasteiger partial charge in [-0.25, -0.2) is 4.39 Å². The van der Waals surface area contributed by atoms with Gasteiger partial charge in [-0.2, -0.15) is 18.2 Å². The summed E-state index contributed by atoms with van der Waals surface area (Å²) in [6.07, 6.45) is -3.68. The standard InChI is InChI=1S/C22H20F4N4O3/c1-13-5-6-15(21(32)27-12-22(24,25)26)11-17(13)28-18(31)3-2-4-19-29-20(30-33-19)14-7-9-16(23)10-8-14/h5-11H,2-4,12H2,1H3,(H,27,32)(H,28,31). The van der Waals surface area contributed by atoms with E-state index in [1.54, 1.807) is 12.2 Å². The van der Waals surface area contributed by atoms with Crippen molar-refractivity contribution in [3.05, 3.63) is 65.3 Å². The van der Waals surface area contributed by atoms with E-state index in [4.69, 9.17) is 4.52 Å². The summed E-state index contributed by atoms with van der Waals surface area (Å²) >= 11 is 0. The average molecular weight is 464 g/mol. The number of benzene rings is 2. The van der Waals surface area contributed by atoms with Crippen LogP contribution in [0, 0.1) is 12.7 Å². The number of rotatable bonds is 8. The Balaban J connectivity index is 1.51. The normalized spacial score (nSPS) is 11.3. The molecule has 2 aromatic carbocycles. The lowest BCUT2D eigenvalue weighted by atomic mass is 10.1. The second-order valence-electron chi connectivity index (χ2n) is 7.25. The zero-order valence-corrected chi connectivity index (χ0v) is 17.5. The Bertz CT molecular complexity index is 1130. The van der Waals surface area contributed by atoms with Crippen LogP contribution in [0.2, 0.25) is 0 Å². The molecule has 0 aliphatic carbocycles. The van der Waals surface area contributed by atoms with Crippen LogP contribution < -0.4 is 10.6 Å². The second-order valence-corrected chi connectivity index (χ2v) is 7.25. The number of amides is 2. The molecular weight excluding hydrogens is 444 g/mol. The van der Waals surface area contributed by atoms with Crippen LogP contribution >= 0.6 is 0 Å². The summed E-state index contributed by atoms with van der Waals surface area (Å²) < 4.78 is 55.0. The third-order valence-corrected chi connectivity index (χ3v) is 4.59. The Hall–Kier alpha value is -3.76. The molecule has 0 unspecified atom stereocenters. The van der Waals surface area contributed by atoms with Gasteiger partial charge in [0.05, 0.1) is 0 Å².